The number of carboxylic acids is 4. The lowest BCUT2D eigenvalue weighted by atomic mass is 9.77. The predicted molar refractivity (Wildman–Crippen MR) is 362 cm³/mol. The van der Waals surface area contributed by atoms with Crippen LogP contribution >= 0.6 is 70.1 Å². The van der Waals surface area contributed by atoms with Crippen molar-refractivity contribution in [3.05, 3.63) is 126 Å². The molecule has 0 bridgehead atoms. The topological polar surface area (TPSA) is 457 Å². The molecule has 14 N–H and O–H groups in total. The number of nitrogens with two attached hydrogens (primary N) is 3. The number of fused-ring (bicyclic) bond motifs is 4. The number of halogens is 3. The van der Waals surface area contributed by atoms with Gasteiger partial charge in [-0.15, -0.1) is 30.6 Å². The van der Waals surface area contributed by atoms with E-state index < -0.39 is 74.7 Å². The molecular weight excluding hydrogens is 1410 g/mol. The molecule has 98 heavy (non-hydrogen) atoms. The number of aromatic carboxylic acids is 4. The van der Waals surface area contributed by atoms with Crippen LogP contribution in [0.1, 0.15) is 97.0 Å². The first-order valence-electron chi connectivity index (χ1n) is 29.5. The van der Waals surface area contributed by atoms with Gasteiger partial charge in [-0.25, -0.2) is 28.5 Å². The van der Waals surface area contributed by atoms with E-state index in [0.717, 1.165) is 62.8 Å². The zero-order chi connectivity index (χ0) is 70.8. The third kappa shape index (κ3) is 16.1. The van der Waals surface area contributed by atoms with E-state index in [1.807, 2.05) is 36.9 Å². The summed E-state index contributed by atoms with van der Waals surface area (Å²) in [5.41, 5.74) is 10.2. The molecule has 0 aliphatic carbocycles. The number of rotatable bonds is 14. The lowest BCUT2D eigenvalue weighted by Gasteiger charge is -2.42. The molecule has 6 aliphatic heterocycles. The first kappa shape index (κ1) is 73.0. The summed E-state index contributed by atoms with van der Waals surface area (Å²) in [6.07, 6.45) is -3.14. The summed E-state index contributed by atoms with van der Waals surface area (Å²) < 4.78 is 67.5. The van der Waals surface area contributed by atoms with Gasteiger partial charge in [0.25, 0.3) is 5.82 Å². The third-order valence-corrected chi connectivity index (χ3v) is 22.7. The van der Waals surface area contributed by atoms with Gasteiger partial charge in [0.2, 0.25) is 10.3 Å². The van der Waals surface area contributed by atoms with Crippen molar-refractivity contribution < 1.29 is 96.2 Å². The maximum Gasteiger partial charge on any atom is 0.537 e. The van der Waals surface area contributed by atoms with Gasteiger partial charge in [-0.1, -0.05) is 101 Å². The van der Waals surface area contributed by atoms with E-state index in [9.17, 15) is 72.9 Å². The van der Waals surface area contributed by atoms with Crippen LogP contribution in [0.4, 0.5) is 13.2 Å². The van der Waals surface area contributed by atoms with Gasteiger partial charge in [0.05, 0.1) is 40.8 Å². The number of likely N-dealkylation sites (tertiary alicyclic amines) is 1. The van der Waals surface area contributed by atoms with Crippen LogP contribution in [0.2, 0.25) is 0 Å². The normalized spacial score (nSPS) is 18.3. The summed E-state index contributed by atoms with van der Waals surface area (Å²) >= 11 is 8.33. The van der Waals surface area contributed by atoms with Gasteiger partial charge >= 0.3 is 58.5 Å². The maximum absolute atomic E-state index is 12.8. The fourth-order valence-corrected chi connectivity index (χ4v) is 17.4. The Kier molecular flexibility index (Phi) is 22.9. The summed E-state index contributed by atoms with van der Waals surface area (Å²) in [4.78, 5) is 52.6. The highest BCUT2D eigenvalue weighted by Gasteiger charge is 2.46. The second-order valence-corrected chi connectivity index (χ2v) is 30.0. The number of hydrogen-bond acceptors (Lipinski definition) is 30. The highest BCUT2D eigenvalue weighted by molar-refractivity contribution is 8.14. The predicted octanol–water partition coefficient (Wildman–Crippen LogP) is 3.91. The number of methoxy groups -OCH3 is 1. The van der Waals surface area contributed by atoms with Gasteiger partial charge in [-0.05, 0) is 98.4 Å². The van der Waals surface area contributed by atoms with Crippen LogP contribution in [0.5, 0.6) is 28.7 Å². The second-order valence-electron chi connectivity index (χ2n) is 22.4. The Morgan fingerprint density at radius 2 is 1.03 bits per heavy atom. The molecule has 43 heteroatoms. The summed E-state index contributed by atoms with van der Waals surface area (Å²) in [6.45, 7) is 9.96. The Morgan fingerprint density at radius 3 is 1.43 bits per heavy atom. The highest BCUT2D eigenvalue weighted by atomic mass is 32.2. The van der Waals surface area contributed by atoms with Gasteiger partial charge in [-0.3, -0.25) is 4.99 Å². The van der Waals surface area contributed by atoms with Gasteiger partial charge in [0.15, 0.2) is 15.3 Å². The number of ether oxygens (including phenoxy) is 1. The van der Waals surface area contributed by atoms with E-state index in [2.05, 4.69) is 40.5 Å². The van der Waals surface area contributed by atoms with E-state index in [0.29, 0.717) is 69.1 Å². The van der Waals surface area contributed by atoms with Crippen molar-refractivity contribution in [2.75, 3.05) is 44.2 Å². The Hall–Kier alpha value is -7.73. The Morgan fingerprint density at radius 1 is 0.602 bits per heavy atom. The van der Waals surface area contributed by atoms with Crippen molar-refractivity contribution in [1.29, 1.82) is 0 Å². The van der Waals surface area contributed by atoms with Crippen molar-refractivity contribution in [2.24, 2.45) is 10.7 Å². The molecule has 30 nitrogen and oxygen atoms in total. The first-order chi connectivity index (χ1) is 46.5. The van der Waals surface area contributed by atoms with Gasteiger partial charge in [0.1, 0.15) is 56.0 Å². The van der Waals surface area contributed by atoms with Crippen molar-refractivity contribution in [1.82, 2.24) is 44.8 Å². The van der Waals surface area contributed by atoms with E-state index in [1.54, 1.807) is 56.8 Å². The summed E-state index contributed by atoms with van der Waals surface area (Å²) in [7, 11) is -3.48. The molecule has 6 aliphatic rings. The fourth-order valence-electron chi connectivity index (χ4n) is 10.9. The lowest BCUT2D eigenvalue weighted by molar-refractivity contribution is -0.146. The minimum absolute atomic E-state index is 0.0519. The number of aromatic nitrogens is 8. The molecule has 3 aromatic heterocycles. The molecular formula is C55H60B4F3N13O17S6. The van der Waals surface area contributed by atoms with Crippen LogP contribution < -0.4 is 40.8 Å². The number of aryl methyl sites for hydroxylation is 4. The van der Waals surface area contributed by atoms with Crippen molar-refractivity contribution in [3.8, 4) is 28.7 Å². The van der Waals surface area contributed by atoms with E-state index in [-0.39, 0.29) is 78.3 Å². The van der Waals surface area contributed by atoms with Crippen LogP contribution in [0.3, 0.4) is 0 Å². The zero-order valence-electron chi connectivity index (χ0n) is 52.2. The molecule has 0 spiro atoms. The molecule has 13 rings (SSSR count). The molecule has 516 valence electrons. The maximum atomic E-state index is 12.8. The van der Waals surface area contributed by atoms with Gasteiger partial charge < -0.3 is 86.2 Å². The van der Waals surface area contributed by atoms with E-state index >= 15 is 0 Å². The SMILES string of the molecule is COc1ccc2c(c1C(=O)O)OB(O)[C@@H](Sc1nnc(C(F)(F)F)n1N)C2.Cc1ccc2c(c1C(=O)O)OB(O)[C@@H](SC1CN(C3=NCCS3)C1)C2.Cc1ccc2c(c1C(=O)O)OB(O)[C@@H](Sc1nnc(CN)n1N)C2.Cc1nnc(S[C@H]2Cc3ccc(C)c(C(=O)O)c3OB2O)s1. The largest absolute Gasteiger partial charge is 0.537 e. The van der Waals surface area contributed by atoms with Crippen molar-refractivity contribution in [2.45, 2.75) is 107 Å². The number of hydrogen-bond donors (Lipinski definition) is 11. The van der Waals surface area contributed by atoms with Crippen LogP contribution in [0, 0.1) is 27.7 Å². The van der Waals surface area contributed by atoms with E-state index in [1.165, 1.54) is 52.7 Å². The Balaban J connectivity index is 0.000000142. The average Bonchev–Trinajstić information content (AvgIpc) is 0.810. The molecule has 7 aromatic rings. The van der Waals surface area contributed by atoms with Crippen LogP contribution in [0.25, 0.3) is 0 Å². The number of aliphatic imine (C=N–C) groups is 1. The van der Waals surface area contributed by atoms with Crippen molar-refractivity contribution >= 4 is 128 Å². The molecule has 0 unspecified atom stereocenters. The molecule has 0 saturated carbocycles. The molecule has 1 saturated heterocycles. The minimum Gasteiger partial charge on any atom is -0.535 e. The standard InChI is InChI=1S/C16H19BN2O4S2.C13H12BF3N4O5S.C13H16BN5O4S.C13H13BN2O4S2/c1-9-2-3-10-6-12(17(22)23-14(10)13(9)15(20)21)25-11-7-19(8-11)16-18-4-5-24-16;1-25-6-3-2-5-4-7(14(24)26-9(5)8(6)10(22)23)27-12-20-19-11(21(12)18)13(15,16)17;1-6-2-3-7-4-8(14(22)23-11(7)10(6)12(20)21)24-13-18-17-9(5-15)19(13)16;1-6-3-4-8-5-9(22-13-16-15-7(2)21-13)14(19)20-11(8)10(6)12(17)18/h2-3,11-12,22H,4-8H2,1H3,(H,20,21);2-3,7,24H,4,18H2,1H3,(H,22,23);2-3,8,22H,4-5,15-16H2,1H3,(H,20,21);3-4,9,19H,5H2,1-2H3,(H,17,18)/t12-;7-;8-;9-/m0000/s1. The quantitative estimate of drug-likeness (QED) is 0.0543. The third-order valence-electron chi connectivity index (χ3n) is 15.7. The number of thioether (sulfide) groups is 5. The number of benzene rings is 4. The Labute approximate surface area is 581 Å². The first-order valence-corrected chi connectivity index (χ1v) is 34.9. The fraction of sp³-hybridized carbons (Fsp3) is 0.364. The number of carbonyl (C=O) groups is 4. The van der Waals surface area contributed by atoms with Gasteiger partial charge in [0, 0.05) is 24.1 Å². The van der Waals surface area contributed by atoms with E-state index in [4.69, 9.17) is 40.8 Å². The number of amidine groups is 1. The van der Waals surface area contributed by atoms with Crippen molar-refractivity contribution in [3.63, 3.8) is 0 Å². The molecule has 1 fully saturated rings. The molecule has 4 atom stereocenters. The molecule has 0 amide bonds. The van der Waals surface area contributed by atoms with Gasteiger partial charge in [-0.2, -0.15) is 24.9 Å². The monoisotopic (exact) mass is 1470 g/mol. The summed E-state index contributed by atoms with van der Waals surface area (Å²) in [5, 5.41) is 102. The number of alkyl halides is 3. The minimum atomic E-state index is -4.78. The number of nitrogens with zero attached hydrogens (tertiary/aromatic N) is 10. The molecule has 4 aromatic carbocycles. The summed E-state index contributed by atoms with van der Waals surface area (Å²) in [6, 6.07) is 13.8. The highest BCUT2D eigenvalue weighted by Crippen LogP contribution is 2.44. The smallest absolute Gasteiger partial charge is 0.535 e. The second kappa shape index (κ2) is 30.8. The Bertz CT molecular complexity index is 4220. The number of carboxylic acid groups (broad SMARTS) is 4. The van der Waals surface area contributed by atoms with Crippen LogP contribution in [-0.2, 0) is 38.4 Å². The zero-order valence-corrected chi connectivity index (χ0v) is 57.1. The molecule has 0 radical (unpaired) electrons. The van der Waals surface area contributed by atoms with Crippen LogP contribution in [-0.4, -0.2) is 201 Å². The average molecular weight is 1470 g/mol. The summed E-state index contributed by atoms with van der Waals surface area (Å²) in [5.74, 6) is 7.68. The van der Waals surface area contributed by atoms with Crippen LogP contribution in [0.15, 0.2) is 68.2 Å². The number of nitrogen functional groups attached to an aromatic ring is 2. The lowest BCUT2D eigenvalue weighted by Crippen LogP contribution is -2.53. The molecule has 9 heterocycles.